The van der Waals surface area contributed by atoms with E-state index in [1.165, 1.54) is 0 Å². The quantitative estimate of drug-likeness (QED) is 0.742. The largest absolute Gasteiger partial charge is 0.350 e. The van der Waals surface area contributed by atoms with Crippen molar-refractivity contribution in [1.29, 1.82) is 0 Å². The molecule has 1 rings (SSSR count). The van der Waals surface area contributed by atoms with Gasteiger partial charge in [0.2, 0.25) is 5.91 Å². The number of carbonyl (C=O) groups excluding carboxylic acids is 1. The lowest BCUT2D eigenvalue weighted by molar-refractivity contribution is -0.120. The number of pyridine rings is 1. The van der Waals surface area contributed by atoms with Gasteiger partial charge in [-0.2, -0.15) is 0 Å². The second kappa shape index (κ2) is 5.54. The molecule has 1 heterocycles. The first-order valence-corrected chi connectivity index (χ1v) is 4.59. The predicted molar refractivity (Wildman–Crippen MR) is 51.4 cm³/mol. The molecule has 0 fully saturated rings. The molecule has 0 aliphatic heterocycles. The minimum absolute atomic E-state index is 0.0411. The summed E-state index contributed by atoms with van der Waals surface area (Å²) >= 11 is 5.40. The number of carbonyl (C=O) groups is 1. The van der Waals surface area contributed by atoms with Gasteiger partial charge in [-0.05, 0) is 12.1 Å². The number of hydrogen-bond donors (Lipinski definition) is 1. The Morgan fingerprint density at radius 1 is 1.54 bits per heavy atom. The smallest absolute Gasteiger partial charge is 0.221 e. The minimum atomic E-state index is -0.0411. The van der Waals surface area contributed by atoms with E-state index in [0.29, 0.717) is 18.8 Å². The molecular formula is C9H11ClN2O. The third-order valence-electron chi connectivity index (χ3n) is 1.51. The molecule has 4 heteroatoms. The van der Waals surface area contributed by atoms with Crippen LogP contribution in [0.15, 0.2) is 24.4 Å². The molecule has 13 heavy (non-hydrogen) atoms. The first-order chi connectivity index (χ1) is 6.33. The first kappa shape index (κ1) is 9.99. The molecule has 0 atom stereocenters. The third kappa shape index (κ3) is 3.90. The van der Waals surface area contributed by atoms with Crippen LogP contribution in [-0.4, -0.2) is 16.8 Å². The molecule has 1 aromatic heterocycles. The summed E-state index contributed by atoms with van der Waals surface area (Å²) in [7, 11) is 0. The Hall–Kier alpha value is -1.09. The van der Waals surface area contributed by atoms with Crippen LogP contribution in [0, 0.1) is 0 Å². The Labute approximate surface area is 82.1 Å². The van der Waals surface area contributed by atoms with Gasteiger partial charge >= 0.3 is 0 Å². The fourth-order valence-electron chi connectivity index (χ4n) is 0.866. The molecule has 0 aliphatic rings. The summed E-state index contributed by atoms with van der Waals surface area (Å²) in [6.07, 6.45) is 2.05. The highest BCUT2D eigenvalue weighted by atomic mass is 35.5. The maximum Gasteiger partial charge on any atom is 0.221 e. The van der Waals surface area contributed by atoms with Gasteiger partial charge in [-0.15, -0.1) is 11.6 Å². The number of hydrogen-bond acceptors (Lipinski definition) is 2. The zero-order chi connectivity index (χ0) is 9.52. The Morgan fingerprint density at radius 3 is 3.00 bits per heavy atom. The van der Waals surface area contributed by atoms with E-state index in [-0.39, 0.29) is 5.91 Å². The first-order valence-electron chi connectivity index (χ1n) is 4.05. The van der Waals surface area contributed by atoms with E-state index in [1.54, 1.807) is 6.20 Å². The van der Waals surface area contributed by atoms with Crippen LogP contribution in [0.25, 0.3) is 0 Å². The average Bonchev–Trinajstić information content (AvgIpc) is 2.17. The van der Waals surface area contributed by atoms with Crippen molar-refractivity contribution in [2.45, 2.75) is 13.0 Å². The molecule has 0 radical (unpaired) electrons. The van der Waals surface area contributed by atoms with Crippen LogP contribution in [0.2, 0.25) is 0 Å². The van der Waals surface area contributed by atoms with Crippen molar-refractivity contribution in [2.75, 3.05) is 5.88 Å². The fourth-order valence-corrected chi connectivity index (χ4v) is 1.04. The van der Waals surface area contributed by atoms with Gasteiger partial charge in [0.15, 0.2) is 0 Å². The number of rotatable bonds is 4. The Morgan fingerprint density at radius 2 is 2.38 bits per heavy atom. The molecular weight excluding hydrogens is 188 g/mol. The second-order valence-corrected chi connectivity index (χ2v) is 2.91. The van der Waals surface area contributed by atoms with E-state index in [4.69, 9.17) is 11.6 Å². The number of nitrogens with one attached hydrogen (secondary N) is 1. The number of alkyl halides is 1. The van der Waals surface area contributed by atoms with E-state index in [1.807, 2.05) is 18.2 Å². The summed E-state index contributed by atoms with van der Waals surface area (Å²) in [5.41, 5.74) is 0.852. The van der Waals surface area contributed by atoms with Crippen LogP contribution < -0.4 is 5.32 Å². The highest BCUT2D eigenvalue weighted by molar-refractivity contribution is 6.18. The van der Waals surface area contributed by atoms with E-state index < -0.39 is 0 Å². The summed E-state index contributed by atoms with van der Waals surface area (Å²) in [5.74, 6) is 0.314. The molecule has 70 valence electrons. The SMILES string of the molecule is O=C(CCCl)NCc1ccccn1. The van der Waals surface area contributed by atoms with Gasteiger partial charge in [0.05, 0.1) is 12.2 Å². The molecule has 1 aromatic rings. The van der Waals surface area contributed by atoms with E-state index >= 15 is 0 Å². The maximum absolute atomic E-state index is 11.0. The standard InChI is InChI=1S/C9H11ClN2O/c10-5-4-9(13)12-7-8-3-1-2-6-11-8/h1-3,6H,4-5,7H2,(H,12,13). The molecule has 0 spiro atoms. The van der Waals surface area contributed by atoms with Crippen LogP contribution in [0.3, 0.4) is 0 Å². The topological polar surface area (TPSA) is 42.0 Å². The molecule has 0 bridgehead atoms. The van der Waals surface area contributed by atoms with Crippen molar-refractivity contribution in [3.05, 3.63) is 30.1 Å². The molecule has 0 unspecified atom stereocenters. The summed E-state index contributed by atoms with van der Waals surface area (Å²) in [6.45, 7) is 0.469. The summed E-state index contributed by atoms with van der Waals surface area (Å²) in [5, 5.41) is 2.71. The average molecular weight is 199 g/mol. The van der Waals surface area contributed by atoms with E-state index in [9.17, 15) is 4.79 Å². The Bertz CT molecular complexity index is 264. The van der Waals surface area contributed by atoms with Crippen molar-refractivity contribution < 1.29 is 4.79 Å². The van der Waals surface area contributed by atoms with E-state index in [0.717, 1.165) is 5.69 Å². The van der Waals surface area contributed by atoms with Crippen LogP contribution in [-0.2, 0) is 11.3 Å². The van der Waals surface area contributed by atoms with Crippen molar-refractivity contribution >= 4 is 17.5 Å². The van der Waals surface area contributed by atoms with Gasteiger partial charge in [-0.3, -0.25) is 9.78 Å². The predicted octanol–water partition coefficient (Wildman–Crippen LogP) is 1.33. The normalized spacial score (nSPS) is 9.62. The number of aromatic nitrogens is 1. The Kier molecular flexibility index (Phi) is 4.26. The minimum Gasteiger partial charge on any atom is -0.350 e. The summed E-state index contributed by atoms with van der Waals surface area (Å²) in [6, 6.07) is 5.58. The highest BCUT2D eigenvalue weighted by Crippen LogP contribution is 1.92. The molecule has 1 N–H and O–H groups in total. The Balaban J connectivity index is 2.31. The van der Waals surface area contributed by atoms with Gasteiger partial charge in [-0.25, -0.2) is 0 Å². The van der Waals surface area contributed by atoms with Crippen LogP contribution in [0.5, 0.6) is 0 Å². The fraction of sp³-hybridized carbons (Fsp3) is 0.333. The van der Waals surface area contributed by atoms with Crippen molar-refractivity contribution in [3.8, 4) is 0 Å². The summed E-state index contributed by atoms with van der Waals surface area (Å²) in [4.78, 5) is 15.1. The summed E-state index contributed by atoms with van der Waals surface area (Å²) < 4.78 is 0. The molecule has 3 nitrogen and oxygen atoms in total. The number of halogens is 1. The van der Waals surface area contributed by atoms with Gasteiger partial charge in [0, 0.05) is 18.5 Å². The van der Waals surface area contributed by atoms with Crippen LogP contribution in [0.4, 0.5) is 0 Å². The van der Waals surface area contributed by atoms with Crippen molar-refractivity contribution in [3.63, 3.8) is 0 Å². The lowest BCUT2D eigenvalue weighted by Gasteiger charge is -2.02. The van der Waals surface area contributed by atoms with E-state index in [2.05, 4.69) is 10.3 Å². The lowest BCUT2D eigenvalue weighted by Crippen LogP contribution is -2.23. The molecule has 1 amide bonds. The molecule has 0 aliphatic carbocycles. The molecule has 0 aromatic carbocycles. The second-order valence-electron chi connectivity index (χ2n) is 2.54. The third-order valence-corrected chi connectivity index (χ3v) is 1.70. The van der Waals surface area contributed by atoms with Crippen molar-refractivity contribution in [1.82, 2.24) is 10.3 Å². The van der Waals surface area contributed by atoms with Crippen LogP contribution in [0.1, 0.15) is 12.1 Å². The monoisotopic (exact) mass is 198 g/mol. The lowest BCUT2D eigenvalue weighted by atomic mass is 10.3. The van der Waals surface area contributed by atoms with Crippen LogP contribution >= 0.6 is 11.6 Å². The van der Waals surface area contributed by atoms with Gasteiger partial charge in [0.1, 0.15) is 0 Å². The number of amides is 1. The van der Waals surface area contributed by atoms with Gasteiger partial charge in [0.25, 0.3) is 0 Å². The zero-order valence-corrected chi connectivity index (χ0v) is 7.92. The van der Waals surface area contributed by atoms with Gasteiger partial charge < -0.3 is 5.32 Å². The zero-order valence-electron chi connectivity index (χ0n) is 7.16. The number of nitrogens with zero attached hydrogens (tertiary/aromatic N) is 1. The van der Waals surface area contributed by atoms with Gasteiger partial charge in [-0.1, -0.05) is 6.07 Å². The highest BCUT2D eigenvalue weighted by Gasteiger charge is 1.99. The maximum atomic E-state index is 11.0. The molecule has 0 saturated heterocycles. The van der Waals surface area contributed by atoms with Crippen molar-refractivity contribution in [2.24, 2.45) is 0 Å². The molecule has 0 saturated carbocycles.